The van der Waals surface area contributed by atoms with Crippen molar-refractivity contribution in [3.63, 3.8) is 0 Å². The fourth-order valence-electron chi connectivity index (χ4n) is 5.41. The van der Waals surface area contributed by atoms with Gasteiger partial charge in [0, 0.05) is 25.9 Å². The minimum atomic E-state index is -4.42. The lowest BCUT2D eigenvalue weighted by Crippen LogP contribution is -2.53. The molecule has 0 spiro atoms. The predicted octanol–water partition coefficient (Wildman–Crippen LogP) is 6.18. The van der Waals surface area contributed by atoms with Crippen LogP contribution in [0.3, 0.4) is 0 Å². The van der Waals surface area contributed by atoms with Crippen LogP contribution in [0.25, 0.3) is 0 Å². The summed E-state index contributed by atoms with van der Waals surface area (Å²) in [6.45, 7) is 9.72. The van der Waals surface area contributed by atoms with Gasteiger partial charge >= 0.3 is 12.1 Å². The molecule has 0 aliphatic rings. The lowest BCUT2D eigenvalue weighted by molar-refractivity contribution is -0.148. The van der Waals surface area contributed by atoms with Crippen LogP contribution in [0.4, 0.5) is 10.5 Å². The number of esters is 1. The maximum absolute atomic E-state index is 14.6. The molecule has 13 nitrogen and oxygen atoms in total. The zero-order valence-electron chi connectivity index (χ0n) is 31.3. The number of carbonyl (C=O) groups excluding carboxylic acids is 2. The average Bonchev–Trinajstić information content (AvgIpc) is 3.10. The topological polar surface area (TPSA) is 170 Å². The molecule has 0 saturated carbocycles. The number of nitrogens with zero attached hydrogens (tertiary/aromatic N) is 2. The minimum absolute atomic E-state index is 0.00635. The van der Waals surface area contributed by atoms with Crippen molar-refractivity contribution < 1.29 is 40.6 Å². The van der Waals surface area contributed by atoms with Gasteiger partial charge in [0.05, 0.1) is 23.2 Å². The van der Waals surface area contributed by atoms with Crippen molar-refractivity contribution in [1.29, 1.82) is 0 Å². The van der Waals surface area contributed by atoms with Crippen molar-refractivity contribution in [2.45, 2.75) is 82.1 Å². The van der Waals surface area contributed by atoms with Gasteiger partial charge in [-0.2, -0.15) is 4.31 Å². The molecule has 290 valence electrons. The van der Waals surface area contributed by atoms with Crippen molar-refractivity contribution in [3.8, 4) is 5.75 Å². The van der Waals surface area contributed by atoms with E-state index >= 15 is 0 Å². The van der Waals surface area contributed by atoms with E-state index in [0.717, 1.165) is 11.1 Å². The highest BCUT2D eigenvalue weighted by Gasteiger charge is 2.35. The molecule has 1 heterocycles. The Morgan fingerprint density at radius 2 is 1.48 bits per heavy atom. The van der Waals surface area contributed by atoms with Crippen molar-refractivity contribution in [1.82, 2.24) is 14.6 Å². The normalized spacial score (nSPS) is 13.2. The van der Waals surface area contributed by atoms with Crippen LogP contribution in [0.5, 0.6) is 5.75 Å². The predicted molar refractivity (Wildman–Crippen MR) is 205 cm³/mol. The molecule has 0 fully saturated rings. The number of benzene rings is 3. The van der Waals surface area contributed by atoms with Crippen molar-refractivity contribution in [2.24, 2.45) is 5.92 Å². The summed E-state index contributed by atoms with van der Waals surface area (Å²) in [7, 11) is -8.65. The first kappa shape index (κ1) is 41.8. The number of amides is 1. The second-order valence-corrected chi connectivity index (χ2v) is 17.7. The van der Waals surface area contributed by atoms with Crippen LogP contribution in [0.1, 0.15) is 52.7 Å². The number of hydrogen-bond acceptors (Lipinski definition) is 10. The van der Waals surface area contributed by atoms with E-state index in [1.165, 1.54) is 54.0 Å². The molecule has 0 aliphatic heterocycles. The largest absolute Gasteiger partial charge is 0.487 e. The van der Waals surface area contributed by atoms with Gasteiger partial charge in [0.2, 0.25) is 10.0 Å². The summed E-state index contributed by atoms with van der Waals surface area (Å²) in [6.07, 6.45) is 0.850. The Balaban J connectivity index is 1.76. The molecule has 0 saturated heterocycles. The summed E-state index contributed by atoms with van der Waals surface area (Å²) in [5.41, 5.74) is 0.648. The van der Waals surface area contributed by atoms with Gasteiger partial charge in [-0.05, 0) is 74.6 Å². The monoisotopic (exact) mass is 780 g/mol. The third-order valence-electron chi connectivity index (χ3n) is 7.73. The fourth-order valence-corrected chi connectivity index (χ4v) is 8.08. The summed E-state index contributed by atoms with van der Waals surface area (Å²) >= 11 is 0. The fraction of sp³-hybridized carbons (Fsp3) is 0.359. The molecule has 54 heavy (non-hydrogen) atoms. The van der Waals surface area contributed by atoms with Crippen molar-refractivity contribution in [3.05, 3.63) is 115 Å². The van der Waals surface area contributed by atoms with Gasteiger partial charge in [-0.15, -0.1) is 0 Å². The maximum Gasteiger partial charge on any atom is 0.408 e. The molecular weight excluding hydrogens is 733 g/mol. The first-order valence-corrected chi connectivity index (χ1v) is 20.3. The second kappa shape index (κ2) is 18.4. The molecule has 1 amide bonds. The third-order valence-corrected chi connectivity index (χ3v) is 10.9. The molecule has 15 heteroatoms. The number of nitrogens with one attached hydrogen (secondary N) is 2. The second-order valence-electron chi connectivity index (χ2n) is 14.0. The molecule has 0 bridgehead atoms. The number of sulfonamides is 2. The van der Waals surface area contributed by atoms with Crippen LogP contribution in [-0.4, -0.2) is 69.0 Å². The molecule has 2 atom stereocenters. The number of hydrogen-bond donors (Lipinski definition) is 2. The van der Waals surface area contributed by atoms with Gasteiger partial charge in [-0.3, -0.25) is 14.5 Å². The third kappa shape index (κ3) is 12.6. The minimum Gasteiger partial charge on any atom is -0.487 e. The quantitative estimate of drug-likeness (QED) is 0.118. The molecule has 1 aromatic heterocycles. The van der Waals surface area contributed by atoms with Crippen molar-refractivity contribution in [2.75, 3.05) is 17.8 Å². The van der Waals surface area contributed by atoms with Crippen LogP contribution in [-0.2, 0) is 47.3 Å². The van der Waals surface area contributed by atoms with Crippen LogP contribution in [0.15, 0.2) is 113 Å². The summed E-state index contributed by atoms with van der Waals surface area (Å²) in [4.78, 5) is 29.1. The number of pyridine rings is 1. The first-order chi connectivity index (χ1) is 25.4. The smallest absolute Gasteiger partial charge is 0.408 e. The zero-order valence-corrected chi connectivity index (χ0v) is 32.9. The molecule has 2 unspecified atom stereocenters. The Kier molecular flexibility index (Phi) is 14.2. The Morgan fingerprint density at radius 1 is 0.833 bits per heavy atom. The summed E-state index contributed by atoms with van der Waals surface area (Å²) in [6, 6.07) is 24.2. The average molecular weight is 781 g/mol. The highest BCUT2D eigenvalue weighted by atomic mass is 32.2. The molecule has 0 aliphatic carbocycles. The maximum atomic E-state index is 14.6. The van der Waals surface area contributed by atoms with Gasteiger partial charge < -0.3 is 19.5 Å². The van der Waals surface area contributed by atoms with E-state index in [1.54, 1.807) is 20.8 Å². The number of aromatic nitrogens is 1. The number of alkyl carbamates (subject to hydrolysis) is 1. The van der Waals surface area contributed by atoms with Crippen LogP contribution in [0, 0.1) is 5.92 Å². The molecule has 2 N–H and O–H groups in total. The number of carbonyl (C=O) groups is 2. The lowest BCUT2D eigenvalue weighted by atomic mass is 10.0. The van der Waals surface area contributed by atoms with Crippen LogP contribution >= 0.6 is 0 Å². The summed E-state index contributed by atoms with van der Waals surface area (Å²) in [5, 5.41) is 2.80. The Morgan fingerprint density at radius 3 is 2.06 bits per heavy atom. The zero-order chi connectivity index (χ0) is 39.5. The van der Waals surface area contributed by atoms with E-state index in [4.69, 9.17) is 14.2 Å². The summed E-state index contributed by atoms with van der Waals surface area (Å²) < 4.78 is 77.0. The van der Waals surface area contributed by atoms with E-state index in [1.807, 2.05) is 74.5 Å². The van der Waals surface area contributed by atoms with Gasteiger partial charge in [-0.1, -0.05) is 74.5 Å². The number of ether oxygens (including phenoxy) is 3. The van der Waals surface area contributed by atoms with E-state index < -0.39 is 49.9 Å². The highest BCUT2D eigenvalue weighted by Crippen LogP contribution is 2.32. The van der Waals surface area contributed by atoms with Gasteiger partial charge in [-0.25, -0.2) is 21.6 Å². The molecule has 3 aromatic carbocycles. The van der Waals surface area contributed by atoms with E-state index in [-0.39, 0.29) is 53.3 Å². The van der Waals surface area contributed by atoms with E-state index in [9.17, 15) is 26.4 Å². The molecule has 4 aromatic rings. The highest BCUT2D eigenvalue weighted by molar-refractivity contribution is 7.92. The van der Waals surface area contributed by atoms with Crippen LogP contribution < -0.4 is 14.8 Å². The number of rotatable bonds is 17. The van der Waals surface area contributed by atoms with E-state index in [2.05, 4.69) is 15.0 Å². The number of anilines is 1. The molecule has 0 radical (unpaired) electrons. The van der Waals surface area contributed by atoms with Gasteiger partial charge in [0.15, 0.2) is 0 Å². The first-order valence-electron chi connectivity index (χ1n) is 17.4. The van der Waals surface area contributed by atoms with E-state index in [0.29, 0.717) is 0 Å². The Labute approximate surface area is 318 Å². The van der Waals surface area contributed by atoms with Gasteiger partial charge in [0.25, 0.3) is 10.0 Å². The lowest BCUT2D eigenvalue weighted by Gasteiger charge is -2.33. The Bertz CT molecular complexity index is 2060. The van der Waals surface area contributed by atoms with Crippen LogP contribution in [0.2, 0.25) is 0 Å². The standard InChI is InChI=1S/C39H48N4O9S2/c1-28(2)25-43(26-37(51-29(3)44)34(22-30-14-9-7-10-15-30)41-38(45)52-39(4,5)6)54(48,49)32-19-20-36(50-27-31-16-11-8-12-17-31)35(23-32)42-53(46,47)33-18-13-21-40-24-33/h7-21,23-24,28,34,37,42H,22,25-27H2,1-6H3,(H,41,45). The molecule has 4 rings (SSSR count). The van der Waals surface area contributed by atoms with Gasteiger partial charge in [0.1, 0.15) is 29.0 Å². The molecular formula is C39H48N4O9S2. The van der Waals surface area contributed by atoms with Crippen molar-refractivity contribution >= 4 is 37.8 Å². The SMILES string of the molecule is CC(=O)OC(CN(CC(C)C)S(=O)(=O)c1ccc(OCc2ccccc2)c(NS(=O)(=O)c2cccnc2)c1)C(Cc1ccccc1)NC(=O)OC(C)(C)C. The summed E-state index contributed by atoms with van der Waals surface area (Å²) in [5.74, 6) is -0.790. The Hall–Kier alpha value is -4.99.